The highest BCUT2D eigenvalue weighted by Gasteiger charge is 2.51. The van der Waals surface area contributed by atoms with Gasteiger partial charge in [0.15, 0.2) is 0 Å². The Morgan fingerprint density at radius 1 is 1.27 bits per heavy atom. The van der Waals surface area contributed by atoms with E-state index in [2.05, 4.69) is 5.32 Å². The maximum atomic E-state index is 12.6. The third kappa shape index (κ3) is 3.69. The summed E-state index contributed by atoms with van der Waals surface area (Å²) in [5.41, 5.74) is 0.445. The van der Waals surface area contributed by atoms with Crippen molar-refractivity contribution in [3.63, 3.8) is 0 Å². The molecule has 3 amide bonds. The van der Waals surface area contributed by atoms with Gasteiger partial charge in [0.25, 0.3) is 5.91 Å². The molecule has 1 saturated carbocycles. The Kier molecular flexibility index (Phi) is 5.21. The molecule has 0 atom stereocenters. The zero-order valence-corrected chi connectivity index (χ0v) is 14.5. The van der Waals surface area contributed by atoms with Gasteiger partial charge in [-0.15, -0.1) is 0 Å². The van der Waals surface area contributed by atoms with Crippen LogP contribution in [0.2, 0.25) is 0 Å². The first kappa shape index (κ1) is 17.9. The topological polar surface area (TPSA) is 99.5 Å². The molecule has 1 saturated heterocycles. The Hall–Kier alpha value is -2.88. The Balaban J connectivity index is 1.50. The number of nitriles is 1. The lowest BCUT2D eigenvalue weighted by Gasteiger charge is -2.30. The number of nitrogens with zero attached hydrogens (tertiary/aromatic N) is 2. The molecule has 7 heteroatoms. The van der Waals surface area contributed by atoms with Gasteiger partial charge in [0.1, 0.15) is 12.1 Å². The van der Waals surface area contributed by atoms with Crippen LogP contribution in [0.4, 0.5) is 4.79 Å². The number of ether oxygens (including phenoxy) is 1. The predicted octanol–water partition coefficient (Wildman–Crippen LogP) is 2.25. The van der Waals surface area contributed by atoms with Gasteiger partial charge in [-0.1, -0.05) is 31.4 Å². The zero-order valence-electron chi connectivity index (χ0n) is 14.5. The number of carbonyl (C=O) groups is 3. The quantitative estimate of drug-likeness (QED) is 0.645. The molecular weight excluding hydrogens is 334 g/mol. The van der Waals surface area contributed by atoms with Crippen LogP contribution in [-0.4, -0.2) is 34.9 Å². The highest BCUT2D eigenvalue weighted by molar-refractivity contribution is 6.07. The van der Waals surface area contributed by atoms with Crippen molar-refractivity contribution < 1.29 is 19.1 Å². The molecule has 1 N–H and O–H groups in total. The van der Waals surface area contributed by atoms with Crippen molar-refractivity contribution in [1.82, 2.24) is 10.2 Å². The summed E-state index contributed by atoms with van der Waals surface area (Å²) in [5, 5.41) is 11.7. The van der Waals surface area contributed by atoms with E-state index in [1.807, 2.05) is 6.07 Å². The fourth-order valence-electron chi connectivity index (χ4n) is 3.54. The van der Waals surface area contributed by atoms with Gasteiger partial charge in [-0.25, -0.2) is 4.79 Å². The minimum atomic E-state index is -0.767. The molecular formula is C19H21N3O4. The molecule has 1 aliphatic carbocycles. The molecule has 7 nitrogen and oxygen atoms in total. The molecule has 1 aliphatic heterocycles. The number of esters is 1. The normalized spacial score (nSPS) is 18.5. The molecule has 0 bridgehead atoms. The Bertz CT molecular complexity index is 762. The molecule has 136 valence electrons. The number of amides is 3. The lowest BCUT2D eigenvalue weighted by Crippen LogP contribution is -2.48. The van der Waals surface area contributed by atoms with Gasteiger partial charge in [0, 0.05) is 6.54 Å². The summed E-state index contributed by atoms with van der Waals surface area (Å²) in [5.74, 6) is -0.714. The molecule has 2 fully saturated rings. The van der Waals surface area contributed by atoms with Gasteiger partial charge < -0.3 is 10.1 Å². The summed E-state index contributed by atoms with van der Waals surface area (Å²) in [4.78, 5) is 37.8. The van der Waals surface area contributed by atoms with Crippen LogP contribution in [-0.2, 0) is 20.9 Å². The Labute approximate surface area is 151 Å². The molecule has 0 aromatic heterocycles. The minimum Gasteiger partial charge on any atom is -0.461 e. The average Bonchev–Trinajstić information content (AvgIpc) is 2.88. The van der Waals surface area contributed by atoms with Crippen molar-refractivity contribution in [3.8, 4) is 6.07 Å². The SMILES string of the molecule is N#Cc1cccc(COC(=O)CCN2C(=O)NC3(CCCCC3)C2=O)c1. The number of benzene rings is 1. The smallest absolute Gasteiger partial charge is 0.325 e. The fourth-order valence-corrected chi connectivity index (χ4v) is 3.54. The van der Waals surface area contributed by atoms with Crippen molar-refractivity contribution in [2.45, 2.75) is 50.7 Å². The molecule has 1 aromatic rings. The van der Waals surface area contributed by atoms with Crippen LogP contribution >= 0.6 is 0 Å². The number of imide groups is 1. The monoisotopic (exact) mass is 355 g/mol. The summed E-state index contributed by atoms with van der Waals surface area (Å²) in [6, 6.07) is 8.41. The number of hydrogen-bond acceptors (Lipinski definition) is 5. The van der Waals surface area contributed by atoms with Crippen LogP contribution in [0.3, 0.4) is 0 Å². The van der Waals surface area contributed by atoms with Crippen LogP contribution in [0, 0.1) is 11.3 Å². The second-order valence-corrected chi connectivity index (χ2v) is 6.75. The number of nitrogens with one attached hydrogen (secondary N) is 1. The summed E-state index contributed by atoms with van der Waals surface area (Å²) < 4.78 is 5.18. The van der Waals surface area contributed by atoms with Crippen LogP contribution in [0.5, 0.6) is 0 Å². The molecule has 26 heavy (non-hydrogen) atoms. The molecule has 3 rings (SSSR count). The minimum absolute atomic E-state index is 0.0173. The lowest BCUT2D eigenvalue weighted by atomic mass is 9.82. The Morgan fingerprint density at radius 3 is 2.77 bits per heavy atom. The van der Waals surface area contributed by atoms with E-state index in [1.54, 1.807) is 24.3 Å². The first-order chi connectivity index (χ1) is 12.5. The zero-order chi connectivity index (χ0) is 18.6. The summed E-state index contributed by atoms with van der Waals surface area (Å²) in [6.45, 7) is 0.0713. The molecule has 1 aromatic carbocycles. The second kappa shape index (κ2) is 7.56. The van der Waals surface area contributed by atoms with Crippen molar-refractivity contribution in [2.75, 3.05) is 6.54 Å². The third-order valence-corrected chi connectivity index (χ3v) is 4.95. The largest absolute Gasteiger partial charge is 0.461 e. The molecule has 1 heterocycles. The van der Waals surface area contributed by atoms with Gasteiger partial charge >= 0.3 is 12.0 Å². The summed E-state index contributed by atoms with van der Waals surface area (Å²) in [7, 11) is 0. The maximum Gasteiger partial charge on any atom is 0.325 e. The number of urea groups is 1. The van der Waals surface area contributed by atoms with E-state index < -0.39 is 17.5 Å². The van der Waals surface area contributed by atoms with Gasteiger partial charge in [0.05, 0.1) is 18.1 Å². The summed E-state index contributed by atoms with van der Waals surface area (Å²) >= 11 is 0. The van der Waals surface area contributed by atoms with E-state index in [4.69, 9.17) is 10.00 Å². The van der Waals surface area contributed by atoms with Crippen molar-refractivity contribution >= 4 is 17.9 Å². The highest BCUT2D eigenvalue weighted by Crippen LogP contribution is 2.33. The van der Waals surface area contributed by atoms with E-state index >= 15 is 0 Å². The van der Waals surface area contributed by atoms with Crippen LogP contribution in [0.15, 0.2) is 24.3 Å². The number of rotatable bonds is 5. The van der Waals surface area contributed by atoms with E-state index in [-0.39, 0.29) is 25.5 Å². The van der Waals surface area contributed by atoms with E-state index in [0.717, 1.165) is 24.2 Å². The van der Waals surface area contributed by atoms with E-state index in [0.29, 0.717) is 24.0 Å². The van der Waals surface area contributed by atoms with Crippen LogP contribution < -0.4 is 5.32 Å². The first-order valence-corrected chi connectivity index (χ1v) is 8.83. The number of carbonyl (C=O) groups excluding carboxylic acids is 3. The van der Waals surface area contributed by atoms with E-state index in [9.17, 15) is 14.4 Å². The first-order valence-electron chi connectivity index (χ1n) is 8.83. The average molecular weight is 355 g/mol. The predicted molar refractivity (Wildman–Crippen MR) is 91.6 cm³/mol. The van der Waals surface area contributed by atoms with Crippen molar-refractivity contribution in [2.24, 2.45) is 0 Å². The maximum absolute atomic E-state index is 12.6. The van der Waals surface area contributed by atoms with Crippen LogP contribution in [0.25, 0.3) is 0 Å². The van der Waals surface area contributed by atoms with Gasteiger partial charge in [-0.3, -0.25) is 14.5 Å². The molecule has 0 radical (unpaired) electrons. The number of hydrogen-bond donors (Lipinski definition) is 1. The van der Waals surface area contributed by atoms with Crippen molar-refractivity contribution in [1.29, 1.82) is 5.26 Å². The van der Waals surface area contributed by atoms with E-state index in [1.165, 1.54) is 0 Å². The Morgan fingerprint density at radius 2 is 2.04 bits per heavy atom. The second-order valence-electron chi connectivity index (χ2n) is 6.75. The standard InChI is InChI=1S/C19H21N3O4/c20-12-14-5-4-6-15(11-14)13-26-16(23)7-10-22-17(24)19(21-18(22)25)8-2-1-3-9-19/h4-6,11H,1-3,7-10,13H2,(H,21,25). The third-order valence-electron chi connectivity index (χ3n) is 4.95. The van der Waals surface area contributed by atoms with Gasteiger partial charge in [-0.2, -0.15) is 5.26 Å². The van der Waals surface area contributed by atoms with Gasteiger partial charge in [0.2, 0.25) is 0 Å². The molecule has 2 aliphatic rings. The van der Waals surface area contributed by atoms with Crippen LogP contribution in [0.1, 0.15) is 49.7 Å². The van der Waals surface area contributed by atoms with Gasteiger partial charge in [-0.05, 0) is 30.5 Å². The molecule has 0 unspecified atom stereocenters. The highest BCUT2D eigenvalue weighted by atomic mass is 16.5. The summed E-state index contributed by atoms with van der Waals surface area (Å²) in [6.07, 6.45) is 4.19. The van der Waals surface area contributed by atoms with Crippen molar-refractivity contribution in [3.05, 3.63) is 35.4 Å². The molecule has 1 spiro atoms. The lowest BCUT2D eigenvalue weighted by molar-refractivity contribution is -0.145. The fraction of sp³-hybridized carbons (Fsp3) is 0.474.